The Kier molecular flexibility index (Phi) is 5.26. The summed E-state index contributed by atoms with van der Waals surface area (Å²) < 4.78 is 0. The molecule has 3 heteroatoms. The van der Waals surface area contributed by atoms with Gasteiger partial charge in [-0.3, -0.25) is 4.79 Å². The SMILES string of the molecule is CC1CCC(CNC(=O)C2CC(N)CCC2C)CC1. The van der Waals surface area contributed by atoms with Gasteiger partial charge in [-0.25, -0.2) is 0 Å². The zero-order chi connectivity index (χ0) is 13.8. The molecule has 0 bridgehead atoms. The molecule has 0 heterocycles. The van der Waals surface area contributed by atoms with Crippen molar-refractivity contribution in [2.75, 3.05) is 6.54 Å². The van der Waals surface area contributed by atoms with E-state index < -0.39 is 0 Å². The highest BCUT2D eigenvalue weighted by Crippen LogP contribution is 2.30. The summed E-state index contributed by atoms with van der Waals surface area (Å²) in [5.74, 6) is 2.47. The zero-order valence-electron chi connectivity index (χ0n) is 12.5. The average molecular weight is 266 g/mol. The van der Waals surface area contributed by atoms with Crippen LogP contribution in [0.15, 0.2) is 0 Å². The lowest BCUT2D eigenvalue weighted by Crippen LogP contribution is -2.43. The molecule has 0 spiro atoms. The van der Waals surface area contributed by atoms with Crippen LogP contribution in [0.2, 0.25) is 0 Å². The number of rotatable bonds is 3. The van der Waals surface area contributed by atoms with E-state index in [9.17, 15) is 4.79 Å². The predicted molar refractivity (Wildman–Crippen MR) is 78.6 cm³/mol. The highest BCUT2D eigenvalue weighted by atomic mass is 16.1. The molecule has 2 aliphatic rings. The lowest BCUT2D eigenvalue weighted by Gasteiger charge is -2.32. The quantitative estimate of drug-likeness (QED) is 0.825. The van der Waals surface area contributed by atoms with Gasteiger partial charge < -0.3 is 11.1 Å². The van der Waals surface area contributed by atoms with Gasteiger partial charge in [0.05, 0.1) is 0 Å². The van der Waals surface area contributed by atoms with Crippen molar-refractivity contribution < 1.29 is 4.79 Å². The summed E-state index contributed by atoms with van der Waals surface area (Å²) in [6.45, 7) is 5.41. The second kappa shape index (κ2) is 6.74. The molecule has 2 rings (SSSR count). The van der Waals surface area contributed by atoms with E-state index in [1.54, 1.807) is 0 Å². The lowest BCUT2D eigenvalue weighted by molar-refractivity contribution is -0.128. The van der Waals surface area contributed by atoms with Gasteiger partial charge in [0.1, 0.15) is 0 Å². The van der Waals surface area contributed by atoms with E-state index in [2.05, 4.69) is 19.2 Å². The zero-order valence-corrected chi connectivity index (χ0v) is 12.5. The van der Waals surface area contributed by atoms with Crippen LogP contribution in [-0.2, 0) is 4.79 Å². The summed E-state index contributed by atoms with van der Waals surface area (Å²) in [6.07, 6.45) is 8.25. The largest absolute Gasteiger partial charge is 0.356 e. The third kappa shape index (κ3) is 4.20. The highest BCUT2D eigenvalue weighted by Gasteiger charge is 2.31. The van der Waals surface area contributed by atoms with Gasteiger partial charge in [0.2, 0.25) is 5.91 Å². The maximum atomic E-state index is 12.3. The van der Waals surface area contributed by atoms with Gasteiger partial charge in [0.15, 0.2) is 0 Å². The first-order valence-corrected chi connectivity index (χ1v) is 8.09. The van der Waals surface area contributed by atoms with E-state index in [4.69, 9.17) is 5.73 Å². The second-order valence-corrected chi connectivity index (χ2v) is 7.03. The van der Waals surface area contributed by atoms with Crippen LogP contribution in [0.4, 0.5) is 0 Å². The molecule has 0 aromatic rings. The van der Waals surface area contributed by atoms with E-state index in [1.165, 1.54) is 25.7 Å². The van der Waals surface area contributed by atoms with Crippen molar-refractivity contribution in [2.45, 2.75) is 64.8 Å². The van der Waals surface area contributed by atoms with Crippen LogP contribution < -0.4 is 11.1 Å². The maximum absolute atomic E-state index is 12.3. The third-order valence-corrected chi connectivity index (χ3v) is 5.27. The Morgan fingerprint density at radius 3 is 2.47 bits per heavy atom. The van der Waals surface area contributed by atoms with Crippen LogP contribution in [0.3, 0.4) is 0 Å². The van der Waals surface area contributed by atoms with Crippen LogP contribution in [-0.4, -0.2) is 18.5 Å². The minimum atomic E-state index is 0.145. The number of nitrogens with one attached hydrogen (secondary N) is 1. The molecule has 0 aromatic heterocycles. The van der Waals surface area contributed by atoms with Gasteiger partial charge in [0, 0.05) is 18.5 Å². The first kappa shape index (κ1) is 14.8. The predicted octanol–water partition coefficient (Wildman–Crippen LogP) is 2.69. The Hall–Kier alpha value is -0.570. The fraction of sp³-hybridized carbons (Fsp3) is 0.938. The van der Waals surface area contributed by atoms with Gasteiger partial charge in [-0.1, -0.05) is 26.7 Å². The maximum Gasteiger partial charge on any atom is 0.223 e. The number of hydrogen-bond acceptors (Lipinski definition) is 2. The van der Waals surface area contributed by atoms with E-state index >= 15 is 0 Å². The van der Waals surface area contributed by atoms with Gasteiger partial charge in [-0.2, -0.15) is 0 Å². The summed E-state index contributed by atoms with van der Waals surface area (Å²) in [7, 11) is 0. The van der Waals surface area contributed by atoms with Crippen molar-refractivity contribution in [1.82, 2.24) is 5.32 Å². The van der Waals surface area contributed by atoms with Crippen molar-refractivity contribution in [3.05, 3.63) is 0 Å². The Morgan fingerprint density at radius 1 is 1.11 bits per heavy atom. The summed E-state index contributed by atoms with van der Waals surface area (Å²) in [5.41, 5.74) is 6.00. The molecule has 3 N–H and O–H groups in total. The Morgan fingerprint density at radius 2 is 1.79 bits per heavy atom. The molecule has 3 atom stereocenters. The topological polar surface area (TPSA) is 55.1 Å². The summed E-state index contributed by atoms with van der Waals surface area (Å²) in [5, 5.41) is 3.19. The molecule has 2 fully saturated rings. The van der Waals surface area contributed by atoms with E-state index in [1.807, 2.05) is 0 Å². The molecule has 110 valence electrons. The standard InChI is InChI=1S/C16H30N2O/c1-11-3-6-13(7-4-11)10-18-16(19)15-9-14(17)8-5-12(15)2/h11-15H,3-10,17H2,1-2H3,(H,18,19). The second-order valence-electron chi connectivity index (χ2n) is 7.03. The van der Waals surface area contributed by atoms with Crippen LogP contribution in [0.1, 0.15) is 58.8 Å². The molecule has 2 saturated carbocycles. The molecule has 19 heavy (non-hydrogen) atoms. The fourth-order valence-corrected chi connectivity index (χ4v) is 3.63. The molecule has 0 aromatic carbocycles. The summed E-state index contributed by atoms with van der Waals surface area (Å²) in [6, 6.07) is 0.225. The molecule has 0 saturated heterocycles. The monoisotopic (exact) mass is 266 g/mol. The Labute approximate surface area is 117 Å². The van der Waals surface area contributed by atoms with Crippen molar-refractivity contribution >= 4 is 5.91 Å². The highest BCUT2D eigenvalue weighted by molar-refractivity contribution is 5.79. The third-order valence-electron chi connectivity index (χ3n) is 5.27. The number of hydrogen-bond donors (Lipinski definition) is 2. The lowest BCUT2D eigenvalue weighted by atomic mass is 9.77. The van der Waals surface area contributed by atoms with Crippen LogP contribution in [0, 0.1) is 23.7 Å². The molecule has 3 unspecified atom stereocenters. The van der Waals surface area contributed by atoms with Crippen molar-refractivity contribution in [1.29, 1.82) is 0 Å². The fourth-order valence-electron chi connectivity index (χ4n) is 3.63. The van der Waals surface area contributed by atoms with E-state index in [0.29, 0.717) is 11.8 Å². The van der Waals surface area contributed by atoms with Crippen molar-refractivity contribution in [3.8, 4) is 0 Å². The molecular weight excluding hydrogens is 236 g/mol. The van der Waals surface area contributed by atoms with Gasteiger partial charge in [0.25, 0.3) is 0 Å². The molecular formula is C16H30N2O. The summed E-state index contributed by atoms with van der Waals surface area (Å²) >= 11 is 0. The first-order chi connectivity index (χ1) is 9.06. The van der Waals surface area contributed by atoms with Crippen LogP contribution in [0.5, 0.6) is 0 Å². The number of carbonyl (C=O) groups is 1. The number of nitrogens with two attached hydrogens (primary N) is 1. The van der Waals surface area contributed by atoms with E-state index in [-0.39, 0.29) is 17.9 Å². The normalized spacial score (nSPS) is 39.8. The van der Waals surface area contributed by atoms with Crippen LogP contribution >= 0.6 is 0 Å². The summed E-state index contributed by atoms with van der Waals surface area (Å²) in [4.78, 5) is 12.3. The van der Waals surface area contributed by atoms with Crippen LogP contribution in [0.25, 0.3) is 0 Å². The molecule has 1 amide bonds. The Balaban J connectivity index is 1.74. The van der Waals surface area contributed by atoms with E-state index in [0.717, 1.165) is 31.7 Å². The van der Waals surface area contributed by atoms with Crippen molar-refractivity contribution in [3.63, 3.8) is 0 Å². The van der Waals surface area contributed by atoms with Gasteiger partial charge in [-0.05, 0) is 49.9 Å². The molecule has 0 radical (unpaired) electrons. The minimum Gasteiger partial charge on any atom is -0.356 e. The van der Waals surface area contributed by atoms with Gasteiger partial charge in [-0.15, -0.1) is 0 Å². The molecule has 2 aliphatic carbocycles. The first-order valence-electron chi connectivity index (χ1n) is 8.09. The number of carbonyl (C=O) groups excluding carboxylic acids is 1. The number of amides is 1. The Bertz CT molecular complexity index is 297. The van der Waals surface area contributed by atoms with Gasteiger partial charge >= 0.3 is 0 Å². The van der Waals surface area contributed by atoms with Crippen molar-refractivity contribution in [2.24, 2.45) is 29.4 Å². The smallest absolute Gasteiger partial charge is 0.223 e. The molecule has 0 aliphatic heterocycles. The minimum absolute atomic E-state index is 0.145. The average Bonchev–Trinajstić information content (AvgIpc) is 2.40. The molecule has 3 nitrogen and oxygen atoms in total.